The van der Waals surface area contributed by atoms with E-state index in [1.807, 2.05) is 82.3 Å². The van der Waals surface area contributed by atoms with E-state index in [1.54, 1.807) is 23.1 Å². The fraction of sp³-hybridized carbons (Fsp3) is 0.333. The second-order valence-corrected chi connectivity index (χ2v) is 9.64. The minimum atomic E-state index is -0.689. The van der Waals surface area contributed by atoms with E-state index in [1.165, 1.54) is 0 Å². The predicted octanol–water partition coefficient (Wildman–Crippen LogP) is 5.89. The molecule has 0 radical (unpaired) electrons. The molecule has 0 aliphatic carbocycles. The van der Waals surface area contributed by atoms with Crippen molar-refractivity contribution >= 4 is 23.4 Å². The van der Waals surface area contributed by atoms with E-state index in [0.29, 0.717) is 23.7 Å². The lowest BCUT2D eigenvalue weighted by Gasteiger charge is -2.32. The first-order valence-electron chi connectivity index (χ1n) is 12.3. The summed E-state index contributed by atoms with van der Waals surface area (Å²) in [6.45, 7) is 8.01. The summed E-state index contributed by atoms with van der Waals surface area (Å²) < 4.78 is 5.84. The third kappa shape index (κ3) is 7.85. The van der Waals surface area contributed by atoms with Crippen LogP contribution in [0.15, 0.2) is 72.8 Å². The van der Waals surface area contributed by atoms with Crippen LogP contribution in [0, 0.1) is 13.8 Å². The Balaban J connectivity index is 1.90. The topological polar surface area (TPSA) is 58.6 Å². The van der Waals surface area contributed by atoms with Crippen molar-refractivity contribution < 1.29 is 14.3 Å². The predicted molar refractivity (Wildman–Crippen MR) is 145 cm³/mol. The summed E-state index contributed by atoms with van der Waals surface area (Å²) in [6, 6.07) is 22.4. The largest absolute Gasteiger partial charge is 0.484 e. The molecule has 0 saturated heterocycles. The second-order valence-electron chi connectivity index (χ2n) is 9.23. The van der Waals surface area contributed by atoms with Crippen LogP contribution in [0.3, 0.4) is 0 Å². The molecule has 0 aliphatic rings. The van der Waals surface area contributed by atoms with Crippen LogP contribution in [0.4, 0.5) is 0 Å². The van der Waals surface area contributed by atoms with Crippen LogP contribution in [-0.4, -0.2) is 35.4 Å². The van der Waals surface area contributed by atoms with Gasteiger partial charge in [0.25, 0.3) is 5.91 Å². The van der Waals surface area contributed by atoms with E-state index in [-0.39, 0.29) is 24.5 Å². The molecule has 0 saturated carbocycles. The SMILES string of the molecule is CCC(C)NC(=O)C(Cc1ccccc1)N(Cc1ccc(C)cc1)C(=O)COc1ccc(Cl)c(C)c1. The number of halogens is 1. The van der Waals surface area contributed by atoms with Gasteiger partial charge < -0.3 is 15.0 Å². The quantitative estimate of drug-likeness (QED) is 0.352. The lowest BCUT2D eigenvalue weighted by molar-refractivity contribution is -0.143. The highest BCUT2D eigenvalue weighted by Crippen LogP contribution is 2.22. The summed E-state index contributed by atoms with van der Waals surface area (Å²) >= 11 is 6.13. The Morgan fingerprint density at radius 2 is 1.67 bits per heavy atom. The average Bonchev–Trinajstić information content (AvgIpc) is 2.88. The molecule has 6 heteroatoms. The fourth-order valence-corrected chi connectivity index (χ4v) is 3.94. The lowest BCUT2D eigenvalue weighted by Crippen LogP contribution is -2.53. The number of nitrogens with zero attached hydrogens (tertiary/aromatic N) is 1. The van der Waals surface area contributed by atoms with Crippen molar-refractivity contribution in [3.05, 3.63) is 100 Å². The molecular formula is C30H35ClN2O3. The molecule has 1 N–H and O–H groups in total. The highest BCUT2D eigenvalue weighted by atomic mass is 35.5. The van der Waals surface area contributed by atoms with Crippen LogP contribution in [0.2, 0.25) is 5.02 Å². The Kier molecular flexibility index (Phi) is 9.95. The van der Waals surface area contributed by atoms with E-state index in [9.17, 15) is 9.59 Å². The molecule has 0 aliphatic heterocycles. The van der Waals surface area contributed by atoms with E-state index in [4.69, 9.17) is 16.3 Å². The number of rotatable bonds is 11. The fourth-order valence-electron chi connectivity index (χ4n) is 3.82. The molecule has 3 rings (SSSR count). The Morgan fingerprint density at radius 3 is 2.31 bits per heavy atom. The number of ether oxygens (including phenoxy) is 1. The summed E-state index contributed by atoms with van der Waals surface area (Å²) in [5.41, 5.74) is 3.94. The molecule has 5 nitrogen and oxygen atoms in total. The molecule has 0 spiro atoms. The Morgan fingerprint density at radius 1 is 0.972 bits per heavy atom. The molecule has 36 heavy (non-hydrogen) atoms. The van der Waals surface area contributed by atoms with Gasteiger partial charge in [-0.15, -0.1) is 0 Å². The normalized spacial score (nSPS) is 12.5. The van der Waals surface area contributed by atoms with Crippen LogP contribution >= 0.6 is 11.6 Å². The molecule has 3 aromatic rings. The van der Waals surface area contributed by atoms with Crippen LogP contribution in [0.25, 0.3) is 0 Å². The molecule has 0 bridgehead atoms. The summed E-state index contributed by atoms with van der Waals surface area (Å²) in [4.78, 5) is 28.8. The van der Waals surface area contributed by atoms with Crippen molar-refractivity contribution in [3.63, 3.8) is 0 Å². The summed E-state index contributed by atoms with van der Waals surface area (Å²) in [7, 11) is 0. The number of hydrogen-bond donors (Lipinski definition) is 1. The molecule has 3 aromatic carbocycles. The number of nitrogens with one attached hydrogen (secondary N) is 1. The molecular weight excluding hydrogens is 472 g/mol. The maximum atomic E-state index is 13.6. The zero-order valence-corrected chi connectivity index (χ0v) is 22.2. The minimum Gasteiger partial charge on any atom is -0.484 e. The summed E-state index contributed by atoms with van der Waals surface area (Å²) in [6.07, 6.45) is 1.20. The standard InChI is InChI=1S/C30H35ClN2O3/c1-5-23(4)32-30(35)28(18-24-9-7-6-8-10-24)33(19-25-13-11-21(2)12-14-25)29(34)20-36-26-15-16-27(31)22(3)17-26/h6-17,23,28H,5,18-20H2,1-4H3,(H,32,35). The highest BCUT2D eigenvalue weighted by Gasteiger charge is 2.31. The van der Waals surface area contributed by atoms with Crippen molar-refractivity contribution in [3.8, 4) is 5.75 Å². The van der Waals surface area contributed by atoms with Crippen molar-refractivity contribution in [1.82, 2.24) is 10.2 Å². The van der Waals surface area contributed by atoms with Crippen molar-refractivity contribution in [1.29, 1.82) is 0 Å². The number of carbonyl (C=O) groups is 2. The third-order valence-electron chi connectivity index (χ3n) is 6.24. The summed E-state index contributed by atoms with van der Waals surface area (Å²) in [5, 5.41) is 3.72. The molecule has 2 unspecified atom stereocenters. The number of aryl methyl sites for hydroxylation is 2. The smallest absolute Gasteiger partial charge is 0.261 e. The van der Waals surface area contributed by atoms with Crippen molar-refractivity contribution in [2.75, 3.05) is 6.61 Å². The van der Waals surface area contributed by atoms with Crippen LogP contribution < -0.4 is 10.1 Å². The van der Waals surface area contributed by atoms with Crippen molar-refractivity contribution in [2.45, 2.75) is 59.2 Å². The monoisotopic (exact) mass is 506 g/mol. The molecule has 2 amide bonds. The molecule has 2 atom stereocenters. The molecule has 0 fully saturated rings. The first-order valence-corrected chi connectivity index (χ1v) is 12.7. The van der Waals surface area contributed by atoms with E-state index in [2.05, 4.69) is 5.32 Å². The number of benzene rings is 3. The van der Waals surface area contributed by atoms with Gasteiger partial charge in [-0.25, -0.2) is 0 Å². The van der Waals surface area contributed by atoms with Crippen molar-refractivity contribution in [2.24, 2.45) is 0 Å². The molecule has 190 valence electrons. The Labute approximate surface area is 219 Å². The highest BCUT2D eigenvalue weighted by molar-refractivity contribution is 6.31. The van der Waals surface area contributed by atoms with Crippen LogP contribution in [0.5, 0.6) is 5.75 Å². The Bertz CT molecular complexity index is 1150. The second kappa shape index (κ2) is 13.1. The van der Waals surface area contributed by atoms with Gasteiger partial charge in [0.15, 0.2) is 6.61 Å². The number of carbonyl (C=O) groups excluding carboxylic acids is 2. The van der Waals surface area contributed by atoms with E-state index < -0.39 is 6.04 Å². The van der Waals surface area contributed by atoms with Gasteiger partial charge in [-0.05, 0) is 62.1 Å². The molecule has 0 aromatic heterocycles. The van der Waals surface area contributed by atoms with Crippen LogP contribution in [0.1, 0.15) is 42.5 Å². The average molecular weight is 507 g/mol. The van der Waals surface area contributed by atoms with E-state index >= 15 is 0 Å². The zero-order valence-electron chi connectivity index (χ0n) is 21.5. The van der Waals surface area contributed by atoms with E-state index in [0.717, 1.165) is 28.7 Å². The number of hydrogen-bond acceptors (Lipinski definition) is 3. The first kappa shape index (κ1) is 27.3. The van der Waals surface area contributed by atoms with Gasteiger partial charge in [0, 0.05) is 24.0 Å². The van der Waals surface area contributed by atoms with Gasteiger partial charge in [0.2, 0.25) is 5.91 Å². The molecule has 0 heterocycles. The summed E-state index contributed by atoms with van der Waals surface area (Å²) in [5.74, 6) is 0.128. The third-order valence-corrected chi connectivity index (χ3v) is 6.66. The minimum absolute atomic E-state index is 0.000364. The van der Waals surface area contributed by atoms with Gasteiger partial charge in [0.1, 0.15) is 11.8 Å². The first-order chi connectivity index (χ1) is 17.3. The van der Waals surface area contributed by atoms with Crippen LogP contribution in [-0.2, 0) is 22.6 Å². The lowest BCUT2D eigenvalue weighted by atomic mass is 10.0. The van der Waals surface area contributed by atoms with Gasteiger partial charge in [-0.3, -0.25) is 9.59 Å². The van der Waals surface area contributed by atoms with Gasteiger partial charge in [-0.2, -0.15) is 0 Å². The zero-order chi connectivity index (χ0) is 26.1. The number of amides is 2. The van der Waals surface area contributed by atoms with Gasteiger partial charge >= 0.3 is 0 Å². The van der Waals surface area contributed by atoms with Gasteiger partial charge in [-0.1, -0.05) is 78.7 Å². The maximum Gasteiger partial charge on any atom is 0.261 e. The maximum absolute atomic E-state index is 13.6. The Hall–Kier alpha value is -3.31. The van der Waals surface area contributed by atoms with Gasteiger partial charge in [0.05, 0.1) is 0 Å².